The summed E-state index contributed by atoms with van der Waals surface area (Å²) in [5.41, 5.74) is 1.78. The molecule has 0 radical (unpaired) electrons. The number of ether oxygens (including phenoxy) is 1. The number of hydrogen-bond donors (Lipinski definition) is 1. The molecule has 0 aliphatic heterocycles. The molecule has 0 amide bonds. The highest BCUT2D eigenvalue weighted by molar-refractivity contribution is 9.10. The van der Waals surface area contributed by atoms with E-state index in [4.69, 9.17) is 4.74 Å². The van der Waals surface area contributed by atoms with E-state index in [0.29, 0.717) is 18.9 Å². The van der Waals surface area contributed by atoms with Gasteiger partial charge in [0.25, 0.3) is 0 Å². The summed E-state index contributed by atoms with van der Waals surface area (Å²) in [5.74, 6) is 0.223. The molecule has 0 unspecified atom stereocenters. The van der Waals surface area contributed by atoms with Crippen LogP contribution in [0, 0.1) is 5.82 Å². The van der Waals surface area contributed by atoms with Crippen molar-refractivity contribution in [3.05, 3.63) is 58.1 Å². The molecule has 0 aliphatic rings. The Balaban J connectivity index is 2.06. The van der Waals surface area contributed by atoms with E-state index in [1.807, 2.05) is 19.2 Å². The molecule has 0 bridgehead atoms. The lowest BCUT2D eigenvalue weighted by atomic mass is 10.2. The van der Waals surface area contributed by atoms with Crippen LogP contribution in [-0.2, 0) is 13.2 Å². The molecule has 2 aromatic rings. The van der Waals surface area contributed by atoms with Crippen molar-refractivity contribution in [1.29, 1.82) is 0 Å². The van der Waals surface area contributed by atoms with Gasteiger partial charge in [-0.3, -0.25) is 4.98 Å². The van der Waals surface area contributed by atoms with Crippen molar-refractivity contribution in [1.82, 2.24) is 10.3 Å². The molecule has 0 atom stereocenters. The molecule has 1 aromatic carbocycles. The summed E-state index contributed by atoms with van der Waals surface area (Å²) in [7, 11) is 1.82. The fourth-order valence-electron chi connectivity index (χ4n) is 1.71. The van der Waals surface area contributed by atoms with E-state index in [0.717, 1.165) is 15.6 Å². The van der Waals surface area contributed by atoms with Crippen molar-refractivity contribution in [3.8, 4) is 5.75 Å². The first-order valence-electron chi connectivity index (χ1n) is 5.83. The number of halogens is 2. The Morgan fingerprint density at radius 2 is 2.05 bits per heavy atom. The van der Waals surface area contributed by atoms with Crippen LogP contribution in [0.25, 0.3) is 0 Å². The molecule has 0 aliphatic carbocycles. The summed E-state index contributed by atoms with van der Waals surface area (Å²) in [5, 5.41) is 2.98. The lowest BCUT2D eigenvalue weighted by Gasteiger charge is -2.09. The summed E-state index contributed by atoms with van der Waals surface area (Å²) < 4.78 is 19.9. The lowest BCUT2D eigenvalue weighted by molar-refractivity contribution is 0.303. The Hall–Kier alpha value is -1.46. The number of nitrogens with zero attached hydrogens (tertiary/aromatic N) is 1. The zero-order valence-electron chi connectivity index (χ0n) is 10.5. The number of aromatic nitrogens is 1. The van der Waals surface area contributed by atoms with Crippen molar-refractivity contribution >= 4 is 15.9 Å². The number of pyridine rings is 1. The summed E-state index contributed by atoms with van der Waals surface area (Å²) in [6, 6.07) is 6.61. The maximum atomic E-state index is 13.4. The summed E-state index contributed by atoms with van der Waals surface area (Å²) in [4.78, 5) is 4.05. The van der Waals surface area contributed by atoms with Crippen LogP contribution in [-0.4, -0.2) is 12.0 Å². The van der Waals surface area contributed by atoms with Gasteiger partial charge in [-0.15, -0.1) is 0 Å². The summed E-state index contributed by atoms with van der Waals surface area (Å²) in [6.45, 7) is 0.960. The smallest absolute Gasteiger partial charge is 0.127 e. The van der Waals surface area contributed by atoms with E-state index >= 15 is 0 Å². The normalized spacial score (nSPS) is 10.5. The zero-order valence-corrected chi connectivity index (χ0v) is 12.1. The molecule has 1 heterocycles. The van der Waals surface area contributed by atoms with Crippen LogP contribution in [0.1, 0.15) is 11.1 Å². The molecule has 1 aromatic heterocycles. The highest BCUT2D eigenvalue weighted by Crippen LogP contribution is 2.18. The van der Waals surface area contributed by atoms with Crippen LogP contribution in [0.5, 0.6) is 5.75 Å². The van der Waals surface area contributed by atoms with Crippen molar-refractivity contribution < 1.29 is 9.13 Å². The largest absolute Gasteiger partial charge is 0.489 e. The fraction of sp³-hybridized carbons (Fsp3) is 0.214. The molecule has 0 spiro atoms. The number of benzene rings is 1. The zero-order chi connectivity index (χ0) is 13.7. The van der Waals surface area contributed by atoms with E-state index < -0.39 is 0 Å². The van der Waals surface area contributed by atoms with Gasteiger partial charge < -0.3 is 10.1 Å². The third-order valence-corrected chi connectivity index (χ3v) is 2.91. The molecule has 0 fully saturated rings. The molecule has 0 saturated carbocycles. The first-order valence-corrected chi connectivity index (χ1v) is 6.63. The fourth-order valence-corrected chi connectivity index (χ4v) is 2.12. The number of nitrogens with one attached hydrogen (secondary N) is 1. The van der Waals surface area contributed by atoms with Gasteiger partial charge in [-0.05, 0) is 46.7 Å². The van der Waals surface area contributed by atoms with Gasteiger partial charge in [0.1, 0.15) is 18.2 Å². The maximum Gasteiger partial charge on any atom is 0.127 e. The monoisotopic (exact) mass is 324 g/mol. The minimum absolute atomic E-state index is 0.296. The molecule has 100 valence electrons. The first-order chi connectivity index (χ1) is 9.17. The van der Waals surface area contributed by atoms with Crippen LogP contribution in [0.2, 0.25) is 0 Å². The van der Waals surface area contributed by atoms with E-state index in [1.54, 1.807) is 12.4 Å². The van der Waals surface area contributed by atoms with Gasteiger partial charge in [-0.25, -0.2) is 4.39 Å². The van der Waals surface area contributed by atoms with Crippen molar-refractivity contribution in [2.75, 3.05) is 7.05 Å². The SMILES string of the molecule is CNCc1cc(F)cc(OCc2cncc(Br)c2)c1. The number of hydrogen-bond acceptors (Lipinski definition) is 3. The highest BCUT2D eigenvalue weighted by Gasteiger charge is 2.03. The van der Waals surface area contributed by atoms with Gasteiger partial charge in [0.15, 0.2) is 0 Å². The molecule has 2 rings (SSSR count). The van der Waals surface area contributed by atoms with Crippen molar-refractivity contribution in [2.45, 2.75) is 13.2 Å². The minimum Gasteiger partial charge on any atom is -0.489 e. The third kappa shape index (κ3) is 4.29. The molecular weight excluding hydrogens is 311 g/mol. The van der Waals surface area contributed by atoms with Gasteiger partial charge >= 0.3 is 0 Å². The number of rotatable bonds is 5. The maximum absolute atomic E-state index is 13.4. The lowest BCUT2D eigenvalue weighted by Crippen LogP contribution is -2.06. The standard InChI is InChI=1S/C14H14BrFN2O/c1-17-6-10-3-13(16)5-14(4-10)19-9-11-2-12(15)8-18-7-11/h2-5,7-8,17H,6,9H2,1H3. The molecule has 19 heavy (non-hydrogen) atoms. The minimum atomic E-state index is -0.296. The third-order valence-electron chi connectivity index (χ3n) is 2.48. The quantitative estimate of drug-likeness (QED) is 0.916. The van der Waals surface area contributed by atoms with Gasteiger partial charge in [-0.2, -0.15) is 0 Å². The Kier molecular flexibility index (Phi) is 4.87. The van der Waals surface area contributed by atoms with Gasteiger partial charge in [0.2, 0.25) is 0 Å². The van der Waals surface area contributed by atoms with Gasteiger partial charge in [-0.1, -0.05) is 0 Å². The van der Waals surface area contributed by atoms with E-state index in [1.165, 1.54) is 12.1 Å². The van der Waals surface area contributed by atoms with E-state index in [2.05, 4.69) is 26.2 Å². The van der Waals surface area contributed by atoms with Crippen molar-refractivity contribution in [2.24, 2.45) is 0 Å². The summed E-state index contributed by atoms with van der Waals surface area (Å²) >= 11 is 3.35. The topological polar surface area (TPSA) is 34.1 Å². The van der Waals surface area contributed by atoms with Crippen LogP contribution >= 0.6 is 15.9 Å². The molecule has 0 saturated heterocycles. The highest BCUT2D eigenvalue weighted by atomic mass is 79.9. The summed E-state index contributed by atoms with van der Waals surface area (Å²) in [6.07, 6.45) is 3.43. The average Bonchev–Trinajstić information content (AvgIpc) is 2.36. The Labute approximate surface area is 119 Å². The Morgan fingerprint density at radius 1 is 1.21 bits per heavy atom. The molecular formula is C14H14BrFN2O. The first kappa shape index (κ1) is 14.0. The van der Waals surface area contributed by atoms with Crippen LogP contribution in [0.4, 0.5) is 4.39 Å². The van der Waals surface area contributed by atoms with Crippen LogP contribution in [0.15, 0.2) is 41.1 Å². The molecule has 5 heteroatoms. The average molecular weight is 325 g/mol. The molecule has 3 nitrogen and oxygen atoms in total. The second-order valence-corrected chi connectivity index (χ2v) is 5.04. The van der Waals surface area contributed by atoms with Gasteiger partial charge in [0.05, 0.1) is 0 Å². The second kappa shape index (κ2) is 6.63. The van der Waals surface area contributed by atoms with Crippen LogP contribution < -0.4 is 10.1 Å². The second-order valence-electron chi connectivity index (χ2n) is 4.13. The van der Waals surface area contributed by atoms with Gasteiger partial charge in [0, 0.05) is 35.0 Å². The van der Waals surface area contributed by atoms with Crippen molar-refractivity contribution in [3.63, 3.8) is 0 Å². The predicted molar refractivity (Wildman–Crippen MR) is 75.4 cm³/mol. The predicted octanol–water partition coefficient (Wildman–Crippen LogP) is 3.28. The Bertz CT molecular complexity index is 563. The molecule has 1 N–H and O–H groups in total. The van der Waals surface area contributed by atoms with E-state index in [-0.39, 0.29) is 5.82 Å². The van der Waals surface area contributed by atoms with E-state index in [9.17, 15) is 4.39 Å². The Morgan fingerprint density at radius 3 is 2.79 bits per heavy atom. The van der Waals surface area contributed by atoms with Crippen LogP contribution in [0.3, 0.4) is 0 Å².